The van der Waals surface area contributed by atoms with E-state index in [0.29, 0.717) is 19.5 Å². The van der Waals surface area contributed by atoms with Gasteiger partial charge in [-0.1, -0.05) is 51.1 Å². The molecule has 0 radical (unpaired) electrons. The highest BCUT2D eigenvalue weighted by Crippen LogP contribution is 2.20. The molecule has 6 nitrogen and oxygen atoms in total. The molecule has 160 valence electrons. The fourth-order valence-electron chi connectivity index (χ4n) is 2.94. The van der Waals surface area contributed by atoms with Gasteiger partial charge in [0.2, 0.25) is 5.91 Å². The average molecular weight is 503 g/mol. The molecule has 0 fully saturated rings. The lowest BCUT2D eigenvalue weighted by molar-refractivity contribution is -0.120. The third-order valence-electron chi connectivity index (χ3n) is 4.42. The van der Waals surface area contributed by atoms with Crippen molar-refractivity contribution in [3.05, 3.63) is 35.9 Å². The van der Waals surface area contributed by atoms with Crippen molar-refractivity contribution in [3.63, 3.8) is 0 Å². The largest absolute Gasteiger partial charge is 0.357 e. The van der Waals surface area contributed by atoms with Gasteiger partial charge in [0, 0.05) is 26.1 Å². The molecule has 0 aliphatic rings. The smallest absolute Gasteiger partial charge is 0.221 e. The van der Waals surface area contributed by atoms with Gasteiger partial charge in [0.25, 0.3) is 0 Å². The number of benzene rings is 1. The number of amides is 1. The number of hydrogen-bond donors (Lipinski definition) is 3. The molecule has 0 heterocycles. The van der Waals surface area contributed by atoms with Crippen molar-refractivity contribution in [3.8, 4) is 0 Å². The fraction of sp³-hybridized carbons (Fsp3) is 0.619. The first-order chi connectivity index (χ1) is 13.2. The molecule has 0 aliphatic heterocycles. The predicted octanol–water partition coefficient (Wildman–Crippen LogP) is 3.16. The lowest BCUT2D eigenvalue weighted by Crippen LogP contribution is -2.40. The maximum Gasteiger partial charge on any atom is 0.221 e. The minimum atomic E-state index is 0. The molecule has 1 rings (SSSR count). The number of rotatable bonds is 12. The predicted molar refractivity (Wildman–Crippen MR) is 129 cm³/mol. The molecule has 0 spiro atoms. The van der Waals surface area contributed by atoms with Crippen LogP contribution in [0.2, 0.25) is 0 Å². The van der Waals surface area contributed by atoms with E-state index >= 15 is 0 Å². The van der Waals surface area contributed by atoms with Crippen molar-refractivity contribution in [2.45, 2.75) is 46.6 Å². The van der Waals surface area contributed by atoms with Gasteiger partial charge in [-0.3, -0.25) is 14.7 Å². The quantitative estimate of drug-likeness (QED) is 0.233. The number of carbonyl (C=O) groups is 1. The number of nitrogens with zero attached hydrogens (tertiary/aromatic N) is 2. The second-order valence-corrected chi connectivity index (χ2v) is 6.39. The van der Waals surface area contributed by atoms with Crippen LogP contribution in [0.4, 0.5) is 0 Å². The molecule has 0 aromatic heterocycles. The number of halogens is 1. The zero-order chi connectivity index (χ0) is 19.9. The second-order valence-electron chi connectivity index (χ2n) is 6.39. The molecular formula is C21H38IN5O. The van der Waals surface area contributed by atoms with E-state index in [1.54, 1.807) is 0 Å². The molecule has 1 aromatic rings. The maximum atomic E-state index is 11.7. The van der Waals surface area contributed by atoms with E-state index in [0.717, 1.165) is 38.6 Å². The standard InChI is InChI=1S/C21H37N5O.HI/c1-5-15-23-20(27)14-16-24-21(22-6-2)25-17-19(26(7-3)8-4)18-12-10-9-11-13-18;/h9-13,19H,5-8,14-17H2,1-4H3,(H,23,27)(H2,22,24,25);1H. The second kappa shape index (κ2) is 16.6. The SMILES string of the molecule is CCCNC(=O)CCNC(=NCC(c1ccccc1)N(CC)CC)NCC.I. The van der Waals surface area contributed by atoms with E-state index in [1.165, 1.54) is 5.56 Å². The average Bonchev–Trinajstić information content (AvgIpc) is 2.70. The summed E-state index contributed by atoms with van der Waals surface area (Å²) >= 11 is 0. The molecule has 0 aliphatic carbocycles. The molecule has 0 saturated heterocycles. The molecule has 0 saturated carbocycles. The molecule has 7 heteroatoms. The Bertz CT molecular complexity index is 549. The van der Waals surface area contributed by atoms with Crippen LogP contribution in [-0.4, -0.2) is 56.0 Å². The lowest BCUT2D eigenvalue weighted by atomic mass is 10.1. The first-order valence-electron chi connectivity index (χ1n) is 10.2. The number of hydrogen-bond acceptors (Lipinski definition) is 3. The van der Waals surface area contributed by atoms with E-state index in [4.69, 9.17) is 4.99 Å². The zero-order valence-corrected chi connectivity index (χ0v) is 20.2. The minimum Gasteiger partial charge on any atom is -0.357 e. The molecule has 28 heavy (non-hydrogen) atoms. The number of aliphatic imine (C=N–C) groups is 1. The maximum absolute atomic E-state index is 11.7. The lowest BCUT2D eigenvalue weighted by Gasteiger charge is -2.29. The zero-order valence-electron chi connectivity index (χ0n) is 17.8. The van der Waals surface area contributed by atoms with Gasteiger partial charge in [0.15, 0.2) is 5.96 Å². The van der Waals surface area contributed by atoms with Crippen LogP contribution >= 0.6 is 24.0 Å². The van der Waals surface area contributed by atoms with E-state index in [1.807, 2.05) is 19.9 Å². The van der Waals surface area contributed by atoms with Gasteiger partial charge in [0.1, 0.15) is 0 Å². The Morgan fingerprint density at radius 1 is 1.00 bits per heavy atom. The van der Waals surface area contributed by atoms with Crippen LogP contribution in [0.25, 0.3) is 0 Å². The van der Waals surface area contributed by atoms with E-state index in [-0.39, 0.29) is 35.9 Å². The fourth-order valence-corrected chi connectivity index (χ4v) is 2.94. The Hall–Kier alpha value is -1.35. The normalized spacial score (nSPS) is 12.2. The van der Waals surface area contributed by atoms with Crippen molar-refractivity contribution in [2.24, 2.45) is 4.99 Å². The summed E-state index contributed by atoms with van der Waals surface area (Å²) in [6.07, 6.45) is 1.40. The van der Waals surface area contributed by atoms with Crippen molar-refractivity contribution in [1.82, 2.24) is 20.9 Å². The van der Waals surface area contributed by atoms with Crippen LogP contribution in [0, 0.1) is 0 Å². The Labute approximate surface area is 188 Å². The van der Waals surface area contributed by atoms with E-state index < -0.39 is 0 Å². The summed E-state index contributed by atoms with van der Waals surface area (Å²) in [5, 5.41) is 9.43. The topological polar surface area (TPSA) is 68.8 Å². The molecule has 1 amide bonds. The van der Waals surface area contributed by atoms with Gasteiger partial charge in [0.05, 0.1) is 12.6 Å². The van der Waals surface area contributed by atoms with Gasteiger partial charge in [-0.25, -0.2) is 0 Å². The van der Waals surface area contributed by atoms with Crippen molar-refractivity contribution in [1.29, 1.82) is 0 Å². The summed E-state index contributed by atoms with van der Waals surface area (Å²) in [6, 6.07) is 10.8. The molecule has 3 N–H and O–H groups in total. The Morgan fingerprint density at radius 2 is 1.68 bits per heavy atom. The summed E-state index contributed by atoms with van der Waals surface area (Å²) in [7, 11) is 0. The van der Waals surface area contributed by atoms with Crippen LogP contribution in [0.3, 0.4) is 0 Å². The Balaban J connectivity index is 0.00000729. The number of carbonyl (C=O) groups excluding carboxylic acids is 1. The minimum absolute atomic E-state index is 0. The Morgan fingerprint density at radius 3 is 2.25 bits per heavy atom. The van der Waals surface area contributed by atoms with Crippen molar-refractivity contribution >= 4 is 35.8 Å². The molecular weight excluding hydrogens is 465 g/mol. The van der Waals surface area contributed by atoms with Crippen LogP contribution < -0.4 is 16.0 Å². The van der Waals surface area contributed by atoms with Gasteiger partial charge in [-0.2, -0.15) is 0 Å². The Kier molecular flexibility index (Phi) is 15.8. The molecule has 1 atom stereocenters. The monoisotopic (exact) mass is 503 g/mol. The molecule has 1 unspecified atom stereocenters. The first-order valence-corrected chi connectivity index (χ1v) is 10.2. The van der Waals surface area contributed by atoms with Crippen molar-refractivity contribution in [2.75, 3.05) is 39.3 Å². The van der Waals surface area contributed by atoms with Gasteiger partial charge in [-0.05, 0) is 32.0 Å². The van der Waals surface area contributed by atoms with Crippen LogP contribution in [-0.2, 0) is 4.79 Å². The number of nitrogens with one attached hydrogen (secondary N) is 3. The van der Waals surface area contributed by atoms with Crippen LogP contribution in [0.5, 0.6) is 0 Å². The van der Waals surface area contributed by atoms with Crippen LogP contribution in [0.15, 0.2) is 35.3 Å². The number of guanidine groups is 1. The summed E-state index contributed by atoms with van der Waals surface area (Å²) < 4.78 is 0. The summed E-state index contributed by atoms with van der Waals surface area (Å²) in [4.78, 5) is 18.9. The molecule has 0 bridgehead atoms. The first kappa shape index (κ1) is 26.6. The molecule has 1 aromatic carbocycles. The van der Waals surface area contributed by atoms with E-state index in [2.05, 4.69) is 59.0 Å². The third kappa shape index (κ3) is 10.3. The van der Waals surface area contributed by atoms with Gasteiger partial charge in [-0.15, -0.1) is 24.0 Å². The van der Waals surface area contributed by atoms with E-state index in [9.17, 15) is 4.79 Å². The third-order valence-corrected chi connectivity index (χ3v) is 4.42. The van der Waals surface area contributed by atoms with Gasteiger partial charge >= 0.3 is 0 Å². The van der Waals surface area contributed by atoms with Crippen LogP contribution in [0.1, 0.15) is 52.1 Å². The van der Waals surface area contributed by atoms with Crippen molar-refractivity contribution < 1.29 is 4.79 Å². The highest BCUT2D eigenvalue weighted by atomic mass is 127. The highest BCUT2D eigenvalue weighted by Gasteiger charge is 2.17. The number of likely N-dealkylation sites (N-methyl/N-ethyl adjacent to an activating group) is 1. The summed E-state index contributed by atoms with van der Waals surface area (Å²) in [5.41, 5.74) is 1.28. The van der Waals surface area contributed by atoms with Gasteiger partial charge < -0.3 is 16.0 Å². The highest BCUT2D eigenvalue weighted by molar-refractivity contribution is 14.0. The summed E-state index contributed by atoms with van der Waals surface area (Å²) in [5.74, 6) is 0.833. The summed E-state index contributed by atoms with van der Waals surface area (Å²) in [6.45, 7) is 13.2.